The summed E-state index contributed by atoms with van der Waals surface area (Å²) < 4.78 is 5.38. The van der Waals surface area contributed by atoms with E-state index in [0.717, 1.165) is 17.7 Å². The van der Waals surface area contributed by atoms with Gasteiger partial charge in [-0.3, -0.25) is 0 Å². The minimum atomic E-state index is -0.485. The van der Waals surface area contributed by atoms with Crippen LogP contribution in [0.1, 0.15) is 29.7 Å². The number of aliphatic hydroxyl groups is 1. The molecule has 2 atom stereocenters. The predicted octanol–water partition coefficient (Wildman–Crippen LogP) is 3.26. The Morgan fingerprint density at radius 2 is 1.77 bits per heavy atom. The molecule has 22 heavy (non-hydrogen) atoms. The Hall–Kier alpha value is -1.84. The minimum absolute atomic E-state index is 0.261. The Bertz CT molecular complexity index is 580. The van der Waals surface area contributed by atoms with Crippen molar-refractivity contribution in [2.45, 2.75) is 32.4 Å². The highest BCUT2D eigenvalue weighted by molar-refractivity contribution is 5.33. The van der Waals surface area contributed by atoms with Crippen molar-refractivity contribution in [1.29, 1.82) is 0 Å². The van der Waals surface area contributed by atoms with Crippen LogP contribution >= 0.6 is 0 Å². The van der Waals surface area contributed by atoms with E-state index in [1.807, 2.05) is 49.4 Å². The van der Waals surface area contributed by atoms with Crippen LogP contribution in [0.5, 0.6) is 5.75 Å². The van der Waals surface area contributed by atoms with Crippen molar-refractivity contribution in [1.82, 2.24) is 5.32 Å². The van der Waals surface area contributed by atoms with Gasteiger partial charge in [0.15, 0.2) is 0 Å². The van der Waals surface area contributed by atoms with E-state index in [4.69, 9.17) is 4.74 Å². The van der Waals surface area contributed by atoms with Crippen molar-refractivity contribution in [2.24, 2.45) is 0 Å². The Labute approximate surface area is 133 Å². The normalized spacial score (nSPS) is 13.6. The molecular formula is C19H25NO2. The lowest BCUT2D eigenvalue weighted by molar-refractivity contribution is 0.170. The van der Waals surface area contributed by atoms with Crippen LogP contribution in [0.15, 0.2) is 48.5 Å². The monoisotopic (exact) mass is 299 g/mol. The fraction of sp³-hybridized carbons (Fsp3) is 0.368. The van der Waals surface area contributed by atoms with E-state index in [0.29, 0.717) is 6.54 Å². The molecule has 0 heterocycles. The molecule has 0 aliphatic heterocycles. The molecule has 2 aromatic carbocycles. The Kier molecular flexibility index (Phi) is 5.99. The molecule has 3 heteroatoms. The van der Waals surface area contributed by atoms with E-state index in [2.05, 4.69) is 18.3 Å². The summed E-state index contributed by atoms with van der Waals surface area (Å²) in [5, 5.41) is 13.6. The van der Waals surface area contributed by atoms with Crippen LogP contribution < -0.4 is 10.1 Å². The third-order valence-electron chi connectivity index (χ3n) is 3.84. The van der Waals surface area contributed by atoms with Gasteiger partial charge in [0.05, 0.1) is 13.2 Å². The molecule has 0 bridgehead atoms. The summed E-state index contributed by atoms with van der Waals surface area (Å²) in [5.41, 5.74) is 3.32. The SMILES string of the molecule is COc1ccccc1C[C@@H](C)NC[C@H](O)c1ccc(C)cc1. The van der Waals surface area contributed by atoms with Gasteiger partial charge in [0.2, 0.25) is 0 Å². The number of aryl methyl sites for hydroxylation is 1. The number of para-hydroxylation sites is 1. The fourth-order valence-corrected chi connectivity index (χ4v) is 2.49. The van der Waals surface area contributed by atoms with Gasteiger partial charge in [-0.25, -0.2) is 0 Å². The quantitative estimate of drug-likeness (QED) is 0.824. The van der Waals surface area contributed by atoms with E-state index >= 15 is 0 Å². The third-order valence-corrected chi connectivity index (χ3v) is 3.84. The Morgan fingerprint density at radius 1 is 1.09 bits per heavy atom. The molecule has 0 spiro atoms. The van der Waals surface area contributed by atoms with Gasteiger partial charge in [-0.1, -0.05) is 48.0 Å². The van der Waals surface area contributed by atoms with Gasteiger partial charge < -0.3 is 15.2 Å². The highest BCUT2D eigenvalue weighted by Crippen LogP contribution is 2.19. The molecule has 0 aliphatic carbocycles. The van der Waals surface area contributed by atoms with E-state index in [-0.39, 0.29) is 6.04 Å². The number of nitrogens with one attached hydrogen (secondary N) is 1. The zero-order chi connectivity index (χ0) is 15.9. The van der Waals surface area contributed by atoms with Crippen LogP contribution in [0, 0.1) is 6.92 Å². The second-order valence-corrected chi connectivity index (χ2v) is 5.75. The van der Waals surface area contributed by atoms with E-state index in [1.54, 1.807) is 7.11 Å². The van der Waals surface area contributed by atoms with Crippen molar-refractivity contribution in [3.05, 3.63) is 65.2 Å². The number of rotatable bonds is 7. The van der Waals surface area contributed by atoms with E-state index in [1.165, 1.54) is 11.1 Å². The lowest BCUT2D eigenvalue weighted by Gasteiger charge is -2.18. The first-order valence-corrected chi connectivity index (χ1v) is 7.70. The summed E-state index contributed by atoms with van der Waals surface area (Å²) in [6, 6.07) is 16.3. The van der Waals surface area contributed by atoms with Crippen molar-refractivity contribution >= 4 is 0 Å². The number of hydrogen-bond donors (Lipinski definition) is 2. The highest BCUT2D eigenvalue weighted by atomic mass is 16.5. The van der Waals surface area contributed by atoms with Gasteiger partial charge in [0, 0.05) is 12.6 Å². The lowest BCUT2D eigenvalue weighted by atomic mass is 10.0. The molecule has 2 aromatic rings. The van der Waals surface area contributed by atoms with Crippen LogP contribution in [0.3, 0.4) is 0 Å². The zero-order valence-electron chi connectivity index (χ0n) is 13.5. The molecule has 0 saturated heterocycles. The maximum absolute atomic E-state index is 10.2. The predicted molar refractivity (Wildman–Crippen MR) is 90.3 cm³/mol. The van der Waals surface area contributed by atoms with Crippen molar-refractivity contribution in [3.8, 4) is 5.75 Å². The number of hydrogen-bond acceptors (Lipinski definition) is 3. The molecule has 0 unspecified atom stereocenters. The van der Waals surface area contributed by atoms with Crippen molar-refractivity contribution in [3.63, 3.8) is 0 Å². The van der Waals surface area contributed by atoms with Gasteiger partial charge in [-0.2, -0.15) is 0 Å². The summed E-state index contributed by atoms with van der Waals surface area (Å²) in [5.74, 6) is 0.912. The number of aliphatic hydroxyl groups excluding tert-OH is 1. The summed E-state index contributed by atoms with van der Waals surface area (Å²) >= 11 is 0. The van der Waals surface area contributed by atoms with Crippen LogP contribution in [-0.2, 0) is 6.42 Å². The largest absolute Gasteiger partial charge is 0.496 e. The molecular weight excluding hydrogens is 274 g/mol. The molecule has 0 saturated carbocycles. The lowest BCUT2D eigenvalue weighted by Crippen LogP contribution is -2.32. The Morgan fingerprint density at radius 3 is 2.45 bits per heavy atom. The van der Waals surface area contributed by atoms with E-state index in [9.17, 15) is 5.11 Å². The second kappa shape index (κ2) is 7.97. The molecule has 0 fully saturated rings. The number of ether oxygens (including phenoxy) is 1. The molecule has 0 aromatic heterocycles. The maximum atomic E-state index is 10.2. The first-order chi connectivity index (χ1) is 10.6. The zero-order valence-corrected chi connectivity index (χ0v) is 13.5. The van der Waals surface area contributed by atoms with Crippen LogP contribution in [0.25, 0.3) is 0 Å². The molecule has 0 amide bonds. The number of methoxy groups -OCH3 is 1. The second-order valence-electron chi connectivity index (χ2n) is 5.75. The molecule has 2 N–H and O–H groups in total. The Balaban J connectivity index is 1.87. The summed E-state index contributed by atoms with van der Waals surface area (Å²) in [6.07, 6.45) is 0.380. The average Bonchev–Trinajstić information content (AvgIpc) is 2.54. The smallest absolute Gasteiger partial charge is 0.122 e. The van der Waals surface area contributed by atoms with Crippen LogP contribution in [0.2, 0.25) is 0 Å². The van der Waals surface area contributed by atoms with Gasteiger partial charge >= 0.3 is 0 Å². The minimum Gasteiger partial charge on any atom is -0.496 e. The van der Waals surface area contributed by atoms with Gasteiger partial charge in [-0.15, -0.1) is 0 Å². The fourth-order valence-electron chi connectivity index (χ4n) is 2.49. The third kappa shape index (κ3) is 4.58. The first kappa shape index (κ1) is 16.5. The molecule has 0 aliphatic rings. The van der Waals surface area contributed by atoms with E-state index < -0.39 is 6.10 Å². The van der Waals surface area contributed by atoms with Gasteiger partial charge in [0.25, 0.3) is 0 Å². The summed E-state index contributed by atoms with van der Waals surface area (Å²) in [6.45, 7) is 4.71. The van der Waals surface area contributed by atoms with Crippen molar-refractivity contribution in [2.75, 3.05) is 13.7 Å². The highest BCUT2D eigenvalue weighted by Gasteiger charge is 2.11. The summed E-state index contributed by atoms with van der Waals surface area (Å²) in [4.78, 5) is 0. The van der Waals surface area contributed by atoms with Crippen LogP contribution in [0.4, 0.5) is 0 Å². The topological polar surface area (TPSA) is 41.5 Å². The number of benzene rings is 2. The van der Waals surface area contributed by atoms with Gasteiger partial charge in [-0.05, 0) is 37.5 Å². The molecule has 0 radical (unpaired) electrons. The van der Waals surface area contributed by atoms with Gasteiger partial charge in [0.1, 0.15) is 5.75 Å². The first-order valence-electron chi connectivity index (χ1n) is 7.70. The summed E-state index contributed by atoms with van der Waals surface area (Å²) in [7, 11) is 1.69. The van der Waals surface area contributed by atoms with Crippen molar-refractivity contribution < 1.29 is 9.84 Å². The molecule has 118 valence electrons. The van der Waals surface area contributed by atoms with Crippen LogP contribution in [-0.4, -0.2) is 24.8 Å². The maximum Gasteiger partial charge on any atom is 0.122 e. The molecule has 3 nitrogen and oxygen atoms in total. The average molecular weight is 299 g/mol. The molecule has 2 rings (SSSR count). The standard InChI is InChI=1S/C19H25NO2/c1-14-8-10-16(11-9-14)18(21)13-20-15(2)12-17-6-4-5-7-19(17)22-3/h4-11,15,18,20-21H,12-13H2,1-3H3/t15-,18+/m1/s1.